The molecule has 1 aromatic carbocycles. The standard InChI is InChI=1S/C9H10O4S/c1-6-3-7(2)9(14(11,12)13)4-8(6)5-10/h3-5H,1-2H3,(H,11,12,13). The summed E-state index contributed by atoms with van der Waals surface area (Å²) in [4.78, 5) is 10.3. The van der Waals surface area contributed by atoms with Gasteiger partial charge in [0.15, 0.2) is 0 Å². The third-order valence-corrected chi connectivity index (χ3v) is 2.96. The first kappa shape index (κ1) is 10.9. The Kier molecular flexibility index (Phi) is 2.73. The maximum Gasteiger partial charge on any atom is 0.294 e. The molecule has 0 radical (unpaired) electrons. The van der Waals surface area contributed by atoms with Gasteiger partial charge in [-0.2, -0.15) is 8.42 Å². The van der Waals surface area contributed by atoms with Gasteiger partial charge in [0, 0.05) is 5.56 Å². The van der Waals surface area contributed by atoms with Gasteiger partial charge in [-0.05, 0) is 31.0 Å². The molecule has 0 spiro atoms. The molecule has 0 aliphatic rings. The molecule has 0 saturated carbocycles. The molecule has 14 heavy (non-hydrogen) atoms. The zero-order valence-electron chi connectivity index (χ0n) is 7.81. The summed E-state index contributed by atoms with van der Waals surface area (Å²) in [5, 5.41) is 0. The van der Waals surface area contributed by atoms with Crippen LogP contribution in [-0.2, 0) is 10.1 Å². The van der Waals surface area contributed by atoms with Crippen LogP contribution in [0.4, 0.5) is 0 Å². The second-order valence-corrected chi connectivity index (χ2v) is 4.46. The Labute approximate surface area is 82.3 Å². The summed E-state index contributed by atoms with van der Waals surface area (Å²) in [6.07, 6.45) is 0.559. The zero-order chi connectivity index (χ0) is 10.9. The van der Waals surface area contributed by atoms with Gasteiger partial charge in [0.25, 0.3) is 10.1 Å². The molecule has 1 aromatic rings. The number of carbonyl (C=O) groups is 1. The molecule has 4 nitrogen and oxygen atoms in total. The van der Waals surface area contributed by atoms with Crippen molar-refractivity contribution in [3.63, 3.8) is 0 Å². The van der Waals surface area contributed by atoms with Gasteiger partial charge in [-0.25, -0.2) is 0 Å². The van der Waals surface area contributed by atoms with Crippen molar-refractivity contribution in [2.45, 2.75) is 18.7 Å². The van der Waals surface area contributed by atoms with Crippen LogP contribution in [0.1, 0.15) is 21.5 Å². The lowest BCUT2D eigenvalue weighted by atomic mass is 10.1. The van der Waals surface area contributed by atoms with Gasteiger partial charge in [0.1, 0.15) is 6.29 Å². The van der Waals surface area contributed by atoms with Crippen molar-refractivity contribution in [2.24, 2.45) is 0 Å². The van der Waals surface area contributed by atoms with Gasteiger partial charge in [-0.3, -0.25) is 9.35 Å². The molecule has 0 atom stereocenters. The number of hydrogen-bond donors (Lipinski definition) is 1. The summed E-state index contributed by atoms with van der Waals surface area (Å²) in [7, 11) is -4.24. The predicted octanol–water partition coefficient (Wildman–Crippen LogP) is 1.36. The molecular weight excluding hydrogens is 204 g/mol. The van der Waals surface area contributed by atoms with E-state index in [2.05, 4.69) is 0 Å². The smallest absolute Gasteiger partial charge is 0.294 e. The van der Waals surface area contributed by atoms with Crippen LogP contribution in [-0.4, -0.2) is 19.3 Å². The second-order valence-electron chi connectivity index (χ2n) is 3.07. The van der Waals surface area contributed by atoms with E-state index < -0.39 is 10.1 Å². The Balaban J connectivity index is 3.55. The largest absolute Gasteiger partial charge is 0.298 e. The number of benzene rings is 1. The summed E-state index contributed by atoms with van der Waals surface area (Å²) in [5.41, 5.74) is 1.38. The van der Waals surface area contributed by atoms with Gasteiger partial charge < -0.3 is 0 Å². The van der Waals surface area contributed by atoms with E-state index in [1.54, 1.807) is 19.9 Å². The Morgan fingerprint density at radius 1 is 1.21 bits per heavy atom. The van der Waals surface area contributed by atoms with E-state index in [1.807, 2.05) is 0 Å². The van der Waals surface area contributed by atoms with Gasteiger partial charge in [0.05, 0.1) is 4.90 Å². The number of rotatable bonds is 2. The van der Waals surface area contributed by atoms with E-state index in [1.165, 1.54) is 6.07 Å². The Bertz CT molecular complexity index is 474. The second kappa shape index (κ2) is 3.51. The lowest BCUT2D eigenvalue weighted by Crippen LogP contribution is -2.03. The van der Waals surface area contributed by atoms with Gasteiger partial charge >= 0.3 is 0 Å². The fourth-order valence-electron chi connectivity index (χ4n) is 1.25. The first-order valence-electron chi connectivity index (χ1n) is 3.90. The monoisotopic (exact) mass is 214 g/mol. The van der Waals surface area contributed by atoms with Gasteiger partial charge in [-0.1, -0.05) is 6.07 Å². The van der Waals surface area contributed by atoms with Crippen molar-refractivity contribution in [1.29, 1.82) is 0 Å². The summed E-state index contributed by atoms with van der Waals surface area (Å²) < 4.78 is 30.6. The van der Waals surface area contributed by atoms with Crippen molar-refractivity contribution in [3.05, 3.63) is 28.8 Å². The quantitative estimate of drug-likeness (QED) is 0.596. The van der Waals surface area contributed by atoms with Crippen molar-refractivity contribution in [2.75, 3.05) is 0 Å². The van der Waals surface area contributed by atoms with Crippen LogP contribution in [0, 0.1) is 13.8 Å². The Hall–Kier alpha value is -1.20. The number of hydrogen-bond acceptors (Lipinski definition) is 3. The third kappa shape index (κ3) is 2.00. The number of aryl methyl sites for hydroxylation is 2. The fourth-order valence-corrected chi connectivity index (χ4v) is 1.99. The molecule has 0 aliphatic heterocycles. The molecule has 1 rings (SSSR count). The average molecular weight is 214 g/mol. The Morgan fingerprint density at radius 2 is 1.79 bits per heavy atom. The molecule has 0 aromatic heterocycles. The Morgan fingerprint density at radius 3 is 2.21 bits per heavy atom. The molecule has 0 heterocycles. The van der Waals surface area contributed by atoms with Crippen molar-refractivity contribution in [1.82, 2.24) is 0 Å². The minimum atomic E-state index is -4.24. The fraction of sp³-hybridized carbons (Fsp3) is 0.222. The van der Waals surface area contributed by atoms with Crippen LogP contribution in [0.25, 0.3) is 0 Å². The highest BCUT2D eigenvalue weighted by atomic mass is 32.2. The van der Waals surface area contributed by atoms with Crippen molar-refractivity contribution >= 4 is 16.4 Å². The molecule has 0 unspecified atom stereocenters. The highest BCUT2D eigenvalue weighted by Crippen LogP contribution is 2.18. The van der Waals surface area contributed by atoms with Crippen molar-refractivity contribution < 1.29 is 17.8 Å². The van der Waals surface area contributed by atoms with E-state index in [0.717, 1.165) is 0 Å². The van der Waals surface area contributed by atoms with E-state index in [9.17, 15) is 13.2 Å². The number of aldehydes is 1. The summed E-state index contributed by atoms with van der Waals surface area (Å²) >= 11 is 0. The molecular formula is C9H10O4S. The predicted molar refractivity (Wildman–Crippen MR) is 51.1 cm³/mol. The van der Waals surface area contributed by atoms with E-state index >= 15 is 0 Å². The maximum atomic E-state index is 10.9. The minimum Gasteiger partial charge on any atom is -0.298 e. The topological polar surface area (TPSA) is 71.4 Å². The molecule has 5 heteroatoms. The third-order valence-electron chi connectivity index (χ3n) is 1.97. The first-order chi connectivity index (χ1) is 6.36. The molecule has 1 N–H and O–H groups in total. The van der Waals surface area contributed by atoms with E-state index in [-0.39, 0.29) is 10.5 Å². The highest BCUT2D eigenvalue weighted by Gasteiger charge is 2.14. The molecule has 0 saturated heterocycles. The molecule has 0 bridgehead atoms. The van der Waals surface area contributed by atoms with Crippen LogP contribution in [0.3, 0.4) is 0 Å². The van der Waals surface area contributed by atoms with E-state index in [0.29, 0.717) is 17.4 Å². The molecule has 0 aliphatic carbocycles. The summed E-state index contributed by atoms with van der Waals surface area (Å²) in [6, 6.07) is 2.72. The minimum absolute atomic E-state index is 0.217. The van der Waals surface area contributed by atoms with Crippen LogP contribution < -0.4 is 0 Å². The lowest BCUT2D eigenvalue weighted by Gasteiger charge is -2.05. The van der Waals surface area contributed by atoms with Crippen LogP contribution in [0.2, 0.25) is 0 Å². The van der Waals surface area contributed by atoms with Crippen molar-refractivity contribution in [3.8, 4) is 0 Å². The average Bonchev–Trinajstić information content (AvgIpc) is 2.02. The SMILES string of the molecule is Cc1cc(C)c(S(=O)(=O)O)cc1C=O. The van der Waals surface area contributed by atoms with Gasteiger partial charge in [0.2, 0.25) is 0 Å². The van der Waals surface area contributed by atoms with Crippen LogP contribution in [0.5, 0.6) is 0 Å². The summed E-state index contributed by atoms with van der Waals surface area (Å²) in [5.74, 6) is 0. The van der Waals surface area contributed by atoms with Gasteiger partial charge in [-0.15, -0.1) is 0 Å². The highest BCUT2D eigenvalue weighted by molar-refractivity contribution is 7.85. The molecule has 76 valence electrons. The zero-order valence-corrected chi connectivity index (χ0v) is 8.63. The summed E-state index contributed by atoms with van der Waals surface area (Å²) in [6.45, 7) is 3.26. The normalized spacial score (nSPS) is 11.4. The molecule has 0 amide bonds. The first-order valence-corrected chi connectivity index (χ1v) is 5.34. The van der Waals surface area contributed by atoms with Crippen LogP contribution >= 0.6 is 0 Å². The lowest BCUT2D eigenvalue weighted by molar-refractivity contribution is 0.112. The number of carbonyl (C=O) groups excluding carboxylic acids is 1. The maximum absolute atomic E-state index is 10.9. The van der Waals surface area contributed by atoms with Crippen LogP contribution in [0.15, 0.2) is 17.0 Å². The molecule has 0 fully saturated rings. The van der Waals surface area contributed by atoms with E-state index in [4.69, 9.17) is 4.55 Å².